The Labute approximate surface area is 280 Å². The molecule has 4 saturated carbocycles. The summed E-state index contributed by atoms with van der Waals surface area (Å²) >= 11 is 0. The third kappa shape index (κ3) is 5.04. The molecule has 8 heteroatoms. The van der Waals surface area contributed by atoms with Gasteiger partial charge in [0.1, 0.15) is 12.2 Å². The van der Waals surface area contributed by atoms with Crippen molar-refractivity contribution in [2.24, 2.45) is 33.0 Å². The van der Waals surface area contributed by atoms with Crippen molar-refractivity contribution in [3.63, 3.8) is 0 Å². The van der Waals surface area contributed by atoms with Crippen LogP contribution < -0.4 is 0 Å². The third-order valence-corrected chi connectivity index (χ3v) is 16.7. The normalized spacial score (nSPS) is 48.9. The molecular formula is C38H68N4O4+2. The zero-order valence-corrected chi connectivity index (χ0v) is 31.4. The first-order chi connectivity index (χ1) is 21.2. The quantitative estimate of drug-likeness (QED) is 0.324. The van der Waals surface area contributed by atoms with Crippen LogP contribution in [0.4, 0.5) is 0 Å². The fourth-order valence-electron chi connectivity index (χ4n) is 12.8. The van der Waals surface area contributed by atoms with Crippen molar-refractivity contribution >= 4 is 11.9 Å². The van der Waals surface area contributed by atoms with Crippen LogP contribution >= 0.6 is 0 Å². The number of nitrogens with zero attached hydrogens (tertiary/aromatic N) is 4. The van der Waals surface area contributed by atoms with Crippen LogP contribution in [-0.4, -0.2) is 136 Å². The summed E-state index contributed by atoms with van der Waals surface area (Å²) in [7, 11) is 9.37. The van der Waals surface area contributed by atoms with Crippen molar-refractivity contribution in [1.29, 1.82) is 0 Å². The van der Waals surface area contributed by atoms with Gasteiger partial charge in [0, 0.05) is 57.5 Å². The van der Waals surface area contributed by atoms with Gasteiger partial charge >= 0.3 is 11.9 Å². The number of rotatable bonds is 4. The van der Waals surface area contributed by atoms with E-state index in [1.165, 1.54) is 12.8 Å². The van der Waals surface area contributed by atoms with Gasteiger partial charge in [-0.3, -0.25) is 19.4 Å². The molecule has 0 unspecified atom stereocenters. The Balaban J connectivity index is 1.36. The number of ether oxygens (including phenoxy) is 2. The van der Waals surface area contributed by atoms with Gasteiger partial charge in [-0.15, -0.1) is 0 Å². The van der Waals surface area contributed by atoms with Crippen LogP contribution in [0.3, 0.4) is 0 Å². The Kier molecular flexibility index (Phi) is 8.39. The second-order valence-corrected chi connectivity index (χ2v) is 19.4. The van der Waals surface area contributed by atoms with Crippen LogP contribution in [-0.2, 0) is 19.1 Å². The number of quaternary nitrogens is 2. The van der Waals surface area contributed by atoms with Crippen LogP contribution in [0.25, 0.3) is 0 Å². The molecule has 0 N–H and O–H groups in total. The number of likely N-dealkylation sites (N-methyl/N-ethyl adjacent to an activating group) is 2. The van der Waals surface area contributed by atoms with Crippen molar-refractivity contribution in [3.05, 3.63) is 0 Å². The van der Waals surface area contributed by atoms with E-state index in [9.17, 15) is 9.59 Å². The fraction of sp³-hybridized carbons (Fsp3) is 0.947. The van der Waals surface area contributed by atoms with Crippen molar-refractivity contribution in [3.8, 4) is 0 Å². The minimum absolute atomic E-state index is 0.0207. The summed E-state index contributed by atoms with van der Waals surface area (Å²) < 4.78 is 14.8. The summed E-state index contributed by atoms with van der Waals surface area (Å²) in [6.07, 6.45) is 7.70. The Morgan fingerprint density at radius 2 is 1.15 bits per heavy atom. The van der Waals surface area contributed by atoms with Crippen LogP contribution in [0.5, 0.6) is 0 Å². The maximum absolute atomic E-state index is 12.8. The molecule has 2 saturated heterocycles. The Bertz CT molecular complexity index is 1200. The maximum Gasteiger partial charge on any atom is 0.302 e. The molecule has 10 atom stereocenters. The molecule has 4 aliphatic carbocycles. The number of hydrogen-bond acceptors (Lipinski definition) is 6. The highest BCUT2D eigenvalue weighted by Crippen LogP contribution is 2.81. The molecule has 0 aromatic heterocycles. The smallest absolute Gasteiger partial charge is 0.302 e. The lowest BCUT2D eigenvalue weighted by Crippen LogP contribution is -2.71. The first kappa shape index (κ1) is 34.6. The zero-order valence-electron chi connectivity index (χ0n) is 31.4. The highest BCUT2D eigenvalue weighted by Gasteiger charge is 2.77. The van der Waals surface area contributed by atoms with E-state index >= 15 is 0 Å². The molecule has 2 aliphatic heterocycles. The van der Waals surface area contributed by atoms with E-state index < -0.39 is 0 Å². The van der Waals surface area contributed by atoms with Crippen LogP contribution in [0.2, 0.25) is 0 Å². The number of piperazine rings is 2. The summed E-state index contributed by atoms with van der Waals surface area (Å²) in [5, 5.41) is 0. The van der Waals surface area contributed by atoms with E-state index in [-0.39, 0.29) is 63.3 Å². The van der Waals surface area contributed by atoms with E-state index in [4.69, 9.17) is 9.47 Å². The topological polar surface area (TPSA) is 59.1 Å². The van der Waals surface area contributed by atoms with E-state index in [0.717, 1.165) is 93.4 Å². The second-order valence-electron chi connectivity index (χ2n) is 19.4. The average Bonchev–Trinajstić information content (AvgIpc) is 3.18. The molecule has 8 nitrogen and oxygen atoms in total. The van der Waals surface area contributed by atoms with Crippen LogP contribution in [0.15, 0.2) is 0 Å². The maximum atomic E-state index is 12.8. The van der Waals surface area contributed by atoms with Crippen molar-refractivity contribution < 1.29 is 28.0 Å². The minimum atomic E-state index is -0.132. The molecule has 46 heavy (non-hydrogen) atoms. The first-order valence-corrected chi connectivity index (χ1v) is 18.7. The summed E-state index contributed by atoms with van der Waals surface area (Å²) in [5.74, 6) is 0.283. The van der Waals surface area contributed by atoms with Gasteiger partial charge in [-0.2, -0.15) is 0 Å². The lowest BCUT2D eigenvalue weighted by atomic mass is 9.30. The molecule has 0 amide bonds. The number of carbonyl (C=O) groups is 2. The van der Waals surface area contributed by atoms with Gasteiger partial charge in [0.05, 0.1) is 54.4 Å². The molecular weight excluding hydrogens is 576 g/mol. The largest absolute Gasteiger partial charge is 0.461 e. The summed E-state index contributed by atoms with van der Waals surface area (Å²) in [6, 6.07) is 0.539. The van der Waals surface area contributed by atoms with E-state index in [2.05, 4.69) is 72.6 Å². The lowest BCUT2D eigenvalue weighted by Gasteiger charge is -2.75. The number of carbonyl (C=O) groups excluding carboxylic acids is 2. The predicted molar refractivity (Wildman–Crippen MR) is 182 cm³/mol. The number of hydrogen-bond donors (Lipinski definition) is 0. The molecule has 2 heterocycles. The molecule has 6 fully saturated rings. The van der Waals surface area contributed by atoms with E-state index in [1.54, 1.807) is 13.8 Å². The molecule has 262 valence electrons. The molecule has 6 rings (SSSR count). The standard InChI is InChI=1S/C38H68N4O4/c1-27(43)45-32-24-29-12-13-37(6)36(5,35(29,4)25-30(32)39-16-20-41(8,9)21-17-39)15-14-34(3)33(46-28(2)44)31(26-38(34,37)7)40-18-22-42(10,11)23-19-40/h29-33H,12-26H2,1-11H3/q+2/t29-,30-,31-,32-,33-,34+,35-,36+,37+,38+/m0/s1. The third-order valence-electron chi connectivity index (χ3n) is 16.7. The number of fused-ring (bicyclic) bond motifs is 5. The van der Waals surface area contributed by atoms with Crippen molar-refractivity contribution in [2.75, 3.05) is 80.5 Å². The second kappa shape index (κ2) is 11.1. The molecule has 0 spiro atoms. The molecule has 0 bridgehead atoms. The first-order valence-electron chi connectivity index (χ1n) is 18.7. The highest BCUT2D eigenvalue weighted by atomic mass is 16.5. The Morgan fingerprint density at radius 1 is 0.630 bits per heavy atom. The van der Waals surface area contributed by atoms with Crippen LogP contribution in [0, 0.1) is 33.0 Å². The van der Waals surface area contributed by atoms with Gasteiger partial charge in [0.2, 0.25) is 0 Å². The SMILES string of the molecule is CC(=O)O[C@H]1C[C@@H]2CC[C@]3(C)[C@](C)(CC[C@]4(C)[C@@H](OC(C)=O)[C@@H](N5CC[N+](C)(C)CC5)C[C@@]34C)[C@@]2(C)C[C@@H]1N1CC[N+](C)(C)CC1. The molecule has 0 aromatic carbocycles. The molecule has 0 aromatic rings. The summed E-state index contributed by atoms with van der Waals surface area (Å²) in [6.45, 7) is 25.1. The average molecular weight is 645 g/mol. The van der Waals surface area contributed by atoms with Gasteiger partial charge in [-0.25, -0.2) is 0 Å². The predicted octanol–water partition coefficient (Wildman–Crippen LogP) is 4.80. The zero-order chi connectivity index (χ0) is 33.7. The summed E-state index contributed by atoms with van der Waals surface area (Å²) in [4.78, 5) is 30.6. The Hall–Kier alpha value is -1.22. The van der Waals surface area contributed by atoms with Crippen molar-refractivity contribution in [1.82, 2.24) is 9.80 Å². The van der Waals surface area contributed by atoms with Crippen molar-refractivity contribution in [2.45, 2.75) is 118 Å². The monoisotopic (exact) mass is 645 g/mol. The van der Waals surface area contributed by atoms with Gasteiger partial charge < -0.3 is 18.4 Å². The summed E-state index contributed by atoms with van der Waals surface area (Å²) in [5.41, 5.74) is 0.305. The van der Waals surface area contributed by atoms with Gasteiger partial charge in [-0.1, -0.05) is 34.6 Å². The van der Waals surface area contributed by atoms with Gasteiger partial charge in [-0.05, 0) is 72.5 Å². The van der Waals surface area contributed by atoms with E-state index in [0.29, 0.717) is 5.92 Å². The Morgan fingerprint density at radius 3 is 1.67 bits per heavy atom. The molecule has 6 aliphatic rings. The fourth-order valence-corrected chi connectivity index (χ4v) is 12.8. The van der Waals surface area contributed by atoms with Crippen LogP contribution in [0.1, 0.15) is 93.4 Å². The van der Waals surface area contributed by atoms with Gasteiger partial charge in [0.15, 0.2) is 0 Å². The number of esters is 2. The lowest BCUT2D eigenvalue weighted by molar-refractivity contribution is -0.894. The minimum Gasteiger partial charge on any atom is -0.461 e. The molecule has 0 radical (unpaired) electrons. The van der Waals surface area contributed by atoms with E-state index in [1.807, 2.05) is 0 Å². The highest BCUT2D eigenvalue weighted by molar-refractivity contribution is 5.66. The van der Waals surface area contributed by atoms with Gasteiger partial charge in [0.25, 0.3) is 0 Å².